The van der Waals surface area contributed by atoms with Crippen LogP contribution in [0.25, 0.3) is 0 Å². The van der Waals surface area contributed by atoms with Crippen LogP contribution in [0.4, 0.5) is 0 Å². The van der Waals surface area contributed by atoms with E-state index >= 15 is 0 Å². The Morgan fingerprint density at radius 3 is 2.90 bits per heavy atom. The molecule has 0 aromatic carbocycles. The van der Waals surface area contributed by atoms with Crippen molar-refractivity contribution in [3.8, 4) is 0 Å². The average molecular weight is 328 g/mol. The highest BCUT2D eigenvalue weighted by Crippen LogP contribution is 2.38. The number of carboxylic acids is 1. The van der Waals surface area contributed by atoms with E-state index in [1.165, 1.54) is 11.3 Å². The average Bonchev–Trinajstić information content (AvgIpc) is 3.03. The van der Waals surface area contributed by atoms with Crippen LogP contribution in [-0.2, 0) is 17.9 Å². The predicted molar refractivity (Wildman–Crippen MR) is 77.4 cm³/mol. The molecule has 6 nitrogen and oxygen atoms in total. The van der Waals surface area contributed by atoms with Gasteiger partial charge in [-0.15, -0.1) is 11.3 Å². The van der Waals surface area contributed by atoms with E-state index < -0.39 is 5.97 Å². The van der Waals surface area contributed by atoms with Gasteiger partial charge < -0.3 is 9.63 Å². The molecular weight excluding hydrogens is 314 g/mol. The second-order valence-electron chi connectivity index (χ2n) is 5.07. The second kappa shape index (κ2) is 6.13. The summed E-state index contributed by atoms with van der Waals surface area (Å²) < 4.78 is 5.89. The highest BCUT2D eigenvalue weighted by molar-refractivity contribution is 7.16. The lowest BCUT2D eigenvalue weighted by Crippen LogP contribution is -2.29. The van der Waals surface area contributed by atoms with Crippen molar-refractivity contribution in [3.63, 3.8) is 0 Å². The molecule has 1 N–H and O–H groups in total. The maximum atomic E-state index is 11.0. The zero-order valence-corrected chi connectivity index (χ0v) is 12.7. The molecule has 112 valence electrons. The van der Waals surface area contributed by atoms with Gasteiger partial charge in [-0.25, -0.2) is 0 Å². The fourth-order valence-electron chi connectivity index (χ4n) is 2.04. The van der Waals surface area contributed by atoms with Crippen molar-refractivity contribution >= 4 is 28.9 Å². The largest absolute Gasteiger partial charge is 0.480 e. The Balaban J connectivity index is 1.66. The summed E-state index contributed by atoms with van der Waals surface area (Å²) >= 11 is 7.34. The van der Waals surface area contributed by atoms with Crippen molar-refractivity contribution in [3.05, 3.63) is 33.1 Å². The minimum absolute atomic E-state index is 0.0805. The molecule has 1 aliphatic carbocycles. The molecule has 21 heavy (non-hydrogen) atoms. The first kappa shape index (κ1) is 14.5. The zero-order chi connectivity index (χ0) is 14.8. The summed E-state index contributed by atoms with van der Waals surface area (Å²) in [5, 5.41) is 12.9. The van der Waals surface area contributed by atoms with Crippen LogP contribution in [0.5, 0.6) is 0 Å². The first-order chi connectivity index (χ1) is 10.1. The van der Waals surface area contributed by atoms with E-state index in [1.807, 2.05) is 6.07 Å². The number of hydrogen-bond donors (Lipinski definition) is 1. The molecule has 0 spiro atoms. The Morgan fingerprint density at radius 2 is 2.29 bits per heavy atom. The first-order valence-electron chi connectivity index (χ1n) is 6.61. The number of halogens is 1. The van der Waals surface area contributed by atoms with Crippen molar-refractivity contribution in [1.29, 1.82) is 0 Å². The quantitative estimate of drug-likeness (QED) is 0.842. The Bertz CT molecular complexity index is 638. The standard InChI is InChI=1S/C13H14ClN3O3S/c14-10-4-3-9(21-10)5-17(7-12(18)19)6-11-15-13(20-16-11)8-1-2-8/h3-4,8H,1-2,5-7H2,(H,18,19). The van der Waals surface area contributed by atoms with Crippen LogP contribution < -0.4 is 0 Å². The normalized spacial score (nSPS) is 14.8. The third kappa shape index (κ3) is 4.03. The monoisotopic (exact) mass is 327 g/mol. The molecule has 2 aromatic heterocycles. The molecule has 2 heterocycles. The fourth-order valence-corrected chi connectivity index (χ4v) is 3.17. The maximum Gasteiger partial charge on any atom is 0.317 e. The van der Waals surface area contributed by atoms with Gasteiger partial charge in [0, 0.05) is 17.3 Å². The van der Waals surface area contributed by atoms with Gasteiger partial charge in [0.1, 0.15) is 0 Å². The van der Waals surface area contributed by atoms with Crippen LogP contribution in [0.15, 0.2) is 16.7 Å². The Kier molecular flexibility index (Phi) is 4.23. The lowest BCUT2D eigenvalue weighted by Gasteiger charge is -2.17. The van der Waals surface area contributed by atoms with E-state index in [-0.39, 0.29) is 6.54 Å². The molecule has 0 aliphatic heterocycles. The van der Waals surface area contributed by atoms with E-state index in [0.717, 1.165) is 17.7 Å². The Labute approximate surface area is 130 Å². The topological polar surface area (TPSA) is 79.5 Å². The van der Waals surface area contributed by atoms with Gasteiger partial charge in [-0.3, -0.25) is 9.69 Å². The molecule has 1 aliphatic rings. The Hall–Kier alpha value is -1.44. The summed E-state index contributed by atoms with van der Waals surface area (Å²) in [7, 11) is 0. The molecule has 0 saturated heterocycles. The number of nitrogens with zero attached hydrogens (tertiary/aromatic N) is 3. The summed E-state index contributed by atoms with van der Waals surface area (Å²) in [6, 6.07) is 3.70. The molecule has 8 heteroatoms. The summed E-state index contributed by atoms with van der Waals surface area (Å²) in [5.41, 5.74) is 0. The van der Waals surface area contributed by atoms with E-state index in [0.29, 0.717) is 35.1 Å². The maximum absolute atomic E-state index is 11.0. The van der Waals surface area contributed by atoms with Gasteiger partial charge in [-0.05, 0) is 25.0 Å². The molecule has 3 rings (SSSR count). The molecule has 0 unspecified atom stereocenters. The SMILES string of the molecule is O=C(O)CN(Cc1noc(C2CC2)n1)Cc1ccc(Cl)s1. The number of aliphatic carboxylic acids is 1. The van der Waals surface area contributed by atoms with E-state index in [9.17, 15) is 4.79 Å². The predicted octanol–water partition coefficient (Wildman–Crippen LogP) is 2.75. The number of rotatable bonds is 7. The van der Waals surface area contributed by atoms with Crippen molar-refractivity contribution in [2.24, 2.45) is 0 Å². The summed E-state index contributed by atoms with van der Waals surface area (Å²) in [5.74, 6) is 0.707. The summed E-state index contributed by atoms with van der Waals surface area (Å²) in [6.07, 6.45) is 2.18. The van der Waals surface area contributed by atoms with E-state index in [2.05, 4.69) is 10.1 Å². The fraction of sp³-hybridized carbons (Fsp3) is 0.462. The number of aromatic nitrogens is 2. The highest BCUT2D eigenvalue weighted by atomic mass is 35.5. The van der Waals surface area contributed by atoms with Gasteiger partial charge in [0.05, 0.1) is 17.4 Å². The Morgan fingerprint density at radius 1 is 1.48 bits per heavy atom. The molecule has 1 fully saturated rings. The third-order valence-electron chi connectivity index (χ3n) is 3.14. The van der Waals surface area contributed by atoms with Gasteiger partial charge in [-0.1, -0.05) is 16.8 Å². The number of carboxylic acid groups (broad SMARTS) is 1. The summed E-state index contributed by atoms with van der Waals surface area (Å²) in [4.78, 5) is 18.1. The molecule has 0 amide bonds. The first-order valence-corrected chi connectivity index (χ1v) is 7.80. The van der Waals surface area contributed by atoms with Crippen molar-refractivity contribution in [1.82, 2.24) is 15.0 Å². The summed E-state index contributed by atoms with van der Waals surface area (Å²) in [6.45, 7) is 0.762. The minimum Gasteiger partial charge on any atom is -0.480 e. The van der Waals surface area contributed by atoms with Gasteiger partial charge >= 0.3 is 5.97 Å². The molecular formula is C13H14ClN3O3S. The zero-order valence-electron chi connectivity index (χ0n) is 11.2. The van der Waals surface area contributed by atoms with Crippen molar-refractivity contribution in [2.75, 3.05) is 6.54 Å². The molecule has 0 bridgehead atoms. The van der Waals surface area contributed by atoms with Crippen LogP contribution in [0.1, 0.15) is 35.4 Å². The smallest absolute Gasteiger partial charge is 0.317 e. The number of hydrogen-bond acceptors (Lipinski definition) is 6. The number of carbonyl (C=O) groups is 1. The second-order valence-corrected chi connectivity index (χ2v) is 6.87. The molecule has 2 aromatic rings. The molecule has 0 radical (unpaired) electrons. The van der Waals surface area contributed by atoms with Gasteiger partial charge in [-0.2, -0.15) is 4.98 Å². The van der Waals surface area contributed by atoms with Crippen molar-refractivity contribution in [2.45, 2.75) is 31.8 Å². The van der Waals surface area contributed by atoms with Gasteiger partial charge in [0.2, 0.25) is 5.89 Å². The highest BCUT2D eigenvalue weighted by Gasteiger charge is 2.29. The van der Waals surface area contributed by atoms with Crippen LogP contribution in [0, 0.1) is 0 Å². The number of thiophene rings is 1. The lowest BCUT2D eigenvalue weighted by molar-refractivity contribution is -0.138. The molecule has 0 atom stereocenters. The van der Waals surface area contributed by atoms with Crippen LogP contribution in [0.3, 0.4) is 0 Å². The van der Waals surface area contributed by atoms with Crippen LogP contribution in [0.2, 0.25) is 4.34 Å². The van der Waals surface area contributed by atoms with Crippen molar-refractivity contribution < 1.29 is 14.4 Å². The third-order valence-corrected chi connectivity index (χ3v) is 4.36. The van der Waals surface area contributed by atoms with Gasteiger partial charge in [0.15, 0.2) is 5.82 Å². The minimum atomic E-state index is -0.886. The van der Waals surface area contributed by atoms with E-state index in [1.54, 1.807) is 11.0 Å². The lowest BCUT2D eigenvalue weighted by atomic mass is 10.3. The van der Waals surface area contributed by atoms with E-state index in [4.69, 9.17) is 21.2 Å². The van der Waals surface area contributed by atoms with Crippen LogP contribution in [-0.4, -0.2) is 32.7 Å². The van der Waals surface area contributed by atoms with Crippen LogP contribution >= 0.6 is 22.9 Å². The van der Waals surface area contributed by atoms with Gasteiger partial charge in [0.25, 0.3) is 0 Å². The molecule has 1 saturated carbocycles.